The summed E-state index contributed by atoms with van der Waals surface area (Å²) in [5.41, 5.74) is 0. The number of hydrogen-bond acceptors (Lipinski definition) is 6. The van der Waals surface area contributed by atoms with Gasteiger partial charge in [-0.05, 0) is 40.9 Å². The Morgan fingerprint density at radius 1 is 1.26 bits per heavy atom. The van der Waals surface area contributed by atoms with Crippen LogP contribution in [-0.2, 0) is 10.0 Å². The molecule has 1 aliphatic heterocycles. The summed E-state index contributed by atoms with van der Waals surface area (Å²) in [4.78, 5) is 12.2. The van der Waals surface area contributed by atoms with Gasteiger partial charge >= 0.3 is 6.01 Å². The Balaban J connectivity index is 1.72. The molecule has 0 spiro atoms. The summed E-state index contributed by atoms with van der Waals surface area (Å²) in [5.74, 6) is 0. The number of nitrogens with zero attached hydrogens (tertiary/aromatic N) is 4. The summed E-state index contributed by atoms with van der Waals surface area (Å²) in [5, 5.41) is 0. The quantitative estimate of drug-likeness (QED) is 0.781. The summed E-state index contributed by atoms with van der Waals surface area (Å²) >= 11 is 3.26. The number of piperidine rings is 1. The first-order valence-corrected chi connectivity index (χ1v) is 9.33. The fourth-order valence-electron chi connectivity index (χ4n) is 2.38. The summed E-state index contributed by atoms with van der Waals surface area (Å²) in [6, 6.07) is 3.41. The van der Waals surface area contributed by atoms with Crippen molar-refractivity contribution in [3.05, 3.63) is 41.4 Å². The summed E-state index contributed by atoms with van der Waals surface area (Å²) < 4.78 is 33.1. The van der Waals surface area contributed by atoms with Gasteiger partial charge in [0, 0.05) is 31.3 Å². The molecule has 3 heterocycles. The molecule has 1 fully saturated rings. The fraction of sp³-hybridized carbons (Fsp3) is 0.357. The van der Waals surface area contributed by atoms with Crippen LogP contribution in [0.15, 0.2) is 46.3 Å². The normalized spacial score (nSPS) is 19.4. The Morgan fingerprint density at radius 2 is 2.04 bits per heavy atom. The molecule has 1 unspecified atom stereocenters. The number of pyridine rings is 1. The Morgan fingerprint density at radius 3 is 2.74 bits per heavy atom. The summed E-state index contributed by atoms with van der Waals surface area (Å²) in [6.45, 7) is 0.745. The summed E-state index contributed by atoms with van der Waals surface area (Å²) in [6.07, 6.45) is 7.31. The second kappa shape index (κ2) is 6.90. The first kappa shape index (κ1) is 16.3. The molecule has 3 rings (SSSR count). The maximum Gasteiger partial charge on any atom is 0.316 e. The Kier molecular flexibility index (Phi) is 4.88. The van der Waals surface area contributed by atoms with Gasteiger partial charge < -0.3 is 4.74 Å². The third-order valence-corrected chi connectivity index (χ3v) is 5.74. The van der Waals surface area contributed by atoms with Crippen LogP contribution in [-0.4, -0.2) is 46.9 Å². The number of rotatable bonds is 4. The molecule has 2 aromatic heterocycles. The van der Waals surface area contributed by atoms with Crippen LogP contribution in [0.1, 0.15) is 12.8 Å². The van der Waals surface area contributed by atoms with E-state index in [9.17, 15) is 8.42 Å². The van der Waals surface area contributed by atoms with Crippen molar-refractivity contribution in [1.82, 2.24) is 19.3 Å². The minimum absolute atomic E-state index is 0.195. The third kappa shape index (κ3) is 3.85. The molecule has 0 radical (unpaired) electrons. The van der Waals surface area contributed by atoms with Gasteiger partial charge in [-0.2, -0.15) is 4.31 Å². The monoisotopic (exact) mass is 398 g/mol. The topological polar surface area (TPSA) is 85.3 Å². The van der Waals surface area contributed by atoms with E-state index in [1.807, 2.05) is 0 Å². The highest BCUT2D eigenvalue weighted by molar-refractivity contribution is 9.10. The second-order valence-corrected chi connectivity index (χ2v) is 7.97. The molecule has 7 nitrogen and oxygen atoms in total. The van der Waals surface area contributed by atoms with Gasteiger partial charge in [0.1, 0.15) is 11.0 Å². The molecule has 122 valence electrons. The maximum atomic E-state index is 12.6. The smallest absolute Gasteiger partial charge is 0.316 e. The molecule has 0 amide bonds. The molecule has 23 heavy (non-hydrogen) atoms. The van der Waals surface area contributed by atoms with Crippen molar-refractivity contribution in [2.45, 2.75) is 23.8 Å². The highest BCUT2D eigenvalue weighted by Gasteiger charge is 2.31. The first-order chi connectivity index (χ1) is 11.1. The molecule has 0 bridgehead atoms. The fourth-order valence-corrected chi connectivity index (χ4v) is 4.06. The second-order valence-electron chi connectivity index (χ2n) is 5.12. The average Bonchev–Trinajstić information content (AvgIpc) is 2.58. The highest BCUT2D eigenvalue weighted by Crippen LogP contribution is 2.22. The molecule has 1 atom stereocenters. The van der Waals surface area contributed by atoms with Crippen LogP contribution in [0.25, 0.3) is 0 Å². The molecule has 0 aliphatic carbocycles. The Hall–Kier alpha value is -1.58. The van der Waals surface area contributed by atoms with Crippen LogP contribution in [0.5, 0.6) is 6.01 Å². The molecular formula is C14H15BrN4O3S. The van der Waals surface area contributed by atoms with Gasteiger partial charge in [-0.3, -0.25) is 4.98 Å². The van der Waals surface area contributed by atoms with Crippen molar-refractivity contribution in [3.63, 3.8) is 0 Å². The number of halogens is 1. The van der Waals surface area contributed by atoms with Gasteiger partial charge in [0.15, 0.2) is 0 Å². The van der Waals surface area contributed by atoms with Crippen molar-refractivity contribution in [3.8, 4) is 6.01 Å². The van der Waals surface area contributed by atoms with Gasteiger partial charge in [-0.15, -0.1) is 0 Å². The van der Waals surface area contributed by atoms with E-state index in [0.717, 1.165) is 17.3 Å². The van der Waals surface area contributed by atoms with Crippen molar-refractivity contribution < 1.29 is 13.2 Å². The lowest BCUT2D eigenvalue weighted by molar-refractivity contribution is 0.119. The minimum Gasteiger partial charge on any atom is -0.459 e. The van der Waals surface area contributed by atoms with E-state index in [0.29, 0.717) is 6.54 Å². The van der Waals surface area contributed by atoms with Crippen molar-refractivity contribution in [2.24, 2.45) is 0 Å². The van der Waals surface area contributed by atoms with Crippen molar-refractivity contribution >= 4 is 26.0 Å². The Labute approximate surface area is 142 Å². The van der Waals surface area contributed by atoms with Gasteiger partial charge in [-0.1, -0.05) is 0 Å². The lowest BCUT2D eigenvalue weighted by atomic mass is 10.1. The van der Waals surface area contributed by atoms with Crippen LogP contribution in [0.4, 0.5) is 0 Å². The van der Waals surface area contributed by atoms with Crippen LogP contribution in [0, 0.1) is 0 Å². The predicted octanol–water partition coefficient (Wildman–Crippen LogP) is 1.87. The largest absolute Gasteiger partial charge is 0.459 e. The van der Waals surface area contributed by atoms with Crippen LogP contribution in [0.2, 0.25) is 0 Å². The van der Waals surface area contributed by atoms with E-state index in [-0.39, 0.29) is 23.6 Å². The van der Waals surface area contributed by atoms with Crippen molar-refractivity contribution in [1.29, 1.82) is 0 Å². The minimum atomic E-state index is -3.55. The molecule has 0 N–H and O–H groups in total. The number of ether oxygens (including phenoxy) is 1. The van der Waals surface area contributed by atoms with Gasteiger partial charge in [0.05, 0.1) is 11.0 Å². The zero-order valence-electron chi connectivity index (χ0n) is 12.2. The van der Waals surface area contributed by atoms with E-state index in [4.69, 9.17) is 4.74 Å². The van der Waals surface area contributed by atoms with E-state index in [2.05, 4.69) is 30.9 Å². The first-order valence-electron chi connectivity index (χ1n) is 7.10. The van der Waals surface area contributed by atoms with Crippen LogP contribution in [0.3, 0.4) is 0 Å². The number of hydrogen-bond donors (Lipinski definition) is 0. The zero-order valence-corrected chi connectivity index (χ0v) is 14.6. The SMILES string of the molecule is O=S(=O)(c1cccnc1)N1CCCC(Oc2ncc(Br)cn2)C1. The molecule has 1 aliphatic rings. The molecule has 2 aromatic rings. The maximum absolute atomic E-state index is 12.6. The third-order valence-electron chi connectivity index (χ3n) is 3.48. The molecule has 0 aromatic carbocycles. The number of sulfonamides is 1. The van der Waals surface area contributed by atoms with Gasteiger partial charge in [0.2, 0.25) is 10.0 Å². The van der Waals surface area contributed by atoms with E-state index >= 15 is 0 Å². The van der Waals surface area contributed by atoms with Gasteiger partial charge in [0.25, 0.3) is 0 Å². The molecule has 0 saturated carbocycles. The average molecular weight is 399 g/mol. The molecular weight excluding hydrogens is 384 g/mol. The lowest BCUT2D eigenvalue weighted by Gasteiger charge is -2.31. The van der Waals surface area contributed by atoms with Crippen LogP contribution >= 0.6 is 15.9 Å². The standard InChI is InChI=1S/C14H15BrN4O3S/c15-11-7-17-14(18-8-11)22-12-3-2-6-19(10-12)23(20,21)13-4-1-5-16-9-13/h1,4-5,7-9,12H,2-3,6,10H2. The lowest BCUT2D eigenvalue weighted by Crippen LogP contribution is -2.44. The highest BCUT2D eigenvalue weighted by atomic mass is 79.9. The molecule has 1 saturated heterocycles. The van der Waals surface area contributed by atoms with Crippen molar-refractivity contribution in [2.75, 3.05) is 13.1 Å². The predicted molar refractivity (Wildman–Crippen MR) is 86.4 cm³/mol. The van der Waals surface area contributed by atoms with Gasteiger partial charge in [-0.25, -0.2) is 18.4 Å². The zero-order chi connectivity index (χ0) is 16.3. The number of aromatic nitrogens is 3. The van der Waals surface area contributed by atoms with E-state index < -0.39 is 10.0 Å². The van der Waals surface area contributed by atoms with E-state index in [1.165, 1.54) is 10.5 Å². The summed E-state index contributed by atoms with van der Waals surface area (Å²) in [7, 11) is -3.55. The molecule has 9 heteroatoms. The van der Waals surface area contributed by atoms with Crippen LogP contribution < -0.4 is 4.74 Å². The Bertz CT molecular complexity index is 755. The van der Waals surface area contributed by atoms with E-state index in [1.54, 1.807) is 30.7 Å².